The van der Waals surface area contributed by atoms with Gasteiger partial charge in [0.1, 0.15) is 5.60 Å². The van der Waals surface area contributed by atoms with Crippen LogP contribution in [0.2, 0.25) is 0 Å². The number of hydrogen-bond acceptors (Lipinski definition) is 4. The number of nitrogens with one attached hydrogen (secondary N) is 1. The molecule has 0 spiro atoms. The number of nitrogens with two attached hydrogens (primary N) is 1. The van der Waals surface area contributed by atoms with Gasteiger partial charge in [-0.2, -0.15) is 0 Å². The fraction of sp³-hybridized carbons (Fsp3) is 0.400. The highest BCUT2D eigenvalue weighted by atomic mass is 16.6. The van der Waals surface area contributed by atoms with Crippen LogP contribution in [-0.4, -0.2) is 22.7 Å². The minimum atomic E-state index is -0.477. The third kappa shape index (κ3) is 4.10. The van der Waals surface area contributed by atoms with E-state index in [9.17, 15) is 4.79 Å². The van der Waals surface area contributed by atoms with Gasteiger partial charge in [-0.05, 0) is 63.3 Å². The Labute approximate surface area is 148 Å². The molecule has 1 aliphatic rings. The van der Waals surface area contributed by atoms with E-state index < -0.39 is 5.60 Å². The first-order valence-corrected chi connectivity index (χ1v) is 8.65. The average molecular weight is 339 g/mol. The van der Waals surface area contributed by atoms with E-state index in [1.807, 2.05) is 32.9 Å². The summed E-state index contributed by atoms with van der Waals surface area (Å²) in [5.74, 6) is 0. The molecule has 132 valence electrons. The normalized spacial score (nSPS) is 17.9. The average Bonchev–Trinajstić information content (AvgIpc) is 2.55. The summed E-state index contributed by atoms with van der Waals surface area (Å²) in [6.07, 6.45) is 6.19. The summed E-state index contributed by atoms with van der Waals surface area (Å²) in [6.45, 7) is 5.60. The summed E-state index contributed by atoms with van der Waals surface area (Å²) in [5, 5.41) is 4.03. The molecule has 0 fully saturated rings. The number of alkyl carbamates (subject to hydrolysis) is 1. The lowest BCUT2D eigenvalue weighted by Crippen LogP contribution is -2.39. The number of rotatable bonds is 2. The Balaban J connectivity index is 1.74. The molecule has 25 heavy (non-hydrogen) atoms. The van der Waals surface area contributed by atoms with E-state index in [1.54, 1.807) is 6.20 Å². The van der Waals surface area contributed by atoms with Crippen LogP contribution >= 0.6 is 0 Å². The maximum absolute atomic E-state index is 11.9. The minimum Gasteiger partial charge on any atom is -0.444 e. The highest BCUT2D eigenvalue weighted by molar-refractivity contribution is 5.97. The maximum atomic E-state index is 11.9. The lowest BCUT2D eigenvalue weighted by atomic mass is 9.89. The number of nitrogens with zero attached hydrogens (tertiary/aromatic N) is 1. The topological polar surface area (TPSA) is 77.2 Å². The largest absolute Gasteiger partial charge is 0.444 e. The number of amides is 1. The van der Waals surface area contributed by atoms with Crippen molar-refractivity contribution in [2.24, 2.45) is 0 Å². The van der Waals surface area contributed by atoms with Crippen molar-refractivity contribution in [3.63, 3.8) is 0 Å². The van der Waals surface area contributed by atoms with Gasteiger partial charge in [0.2, 0.25) is 0 Å². The molecule has 0 saturated heterocycles. The molecule has 1 unspecified atom stereocenters. The molecule has 0 radical (unpaired) electrons. The Morgan fingerprint density at radius 1 is 1.32 bits per heavy atom. The van der Waals surface area contributed by atoms with Crippen LogP contribution in [0.25, 0.3) is 16.5 Å². The van der Waals surface area contributed by atoms with Gasteiger partial charge in [0, 0.05) is 17.6 Å². The van der Waals surface area contributed by atoms with Crippen molar-refractivity contribution in [2.75, 3.05) is 5.73 Å². The lowest BCUT2D eigenvalue weighted by molar-refractivity contribution is 0.0502. The van der Waals surface area contributed by atoms with E-state index >= 15 is 0 Å². The molecule has 5 nitrogen and oxygen atoms in total. The van der Waals surface area contributed by atoms with E-state index in [0.717, 1.165) is 30.2 Å². The van der Waals surface area contributed by atoms with E-state index in [2.05, 4.69) is 28.5 Å². The Morgan fingerprint density at radius 2 is 2.12 bits per heavy atom. The summed E-state index contributed by atoms with van der Waals surface area (Å²) in [6, 6.07) is 8.07. The Kier molecular flexibility index (Phi) is 4.66. The van der Waals surface area contributed by atoms with Gasteiger partial charge in [-0.3, -0.25) is 4.98 Å². The molecule has 3 N–H and O–H groups in total. The standard InChI is InChI=1S/C20H25N3O2/c1-20(2,3)25-19(24)23-14-8-6-13(7-9-14)15-10-11-17(21)18-16(15)5-4-12-22-18/h4-6,10-12,14H,7-9,21H2,1-3H3,(H,23,24). The second-order valence-corrected chi connectivity index (χ2v) is 7.45. The van der Waals surface area contributed by atoms with Crippen LogP contribution in [0.4, 0.5) is 10.5 Å². The van der Waals surface area contributed by atoms with Crippen molar-refractivity contribution in [1.29, 1.82) is 0 Å². The first kappa shape index (κ1) is 17.3. The fourth-order valence-electron chi connectivity index (χ4n) is 3.16. The monoisotopic (exact) mass is 339 g/mol. The number of fused-ring (bicyclic) bond motifs is 1. The van der Waals surface area contributed by atoms with Gasteiger partial charge in [-0.1, -0.05) is 18.2 Å². The predicted molar refractivity (Wildman–Crippen MR) is 101 cm³/mol. The van der Waals surface area contributed by atoms with Crippen LogP contribution in [0.5, 0.6) is 0 Å². The SMILES string of the molecule is CC(C)(C)OC(=O)NC1CC=C(c2ccc(N)c3ncccc23)CC1. The van der Waals surface area contributed by atoms with Crippen molar-refractivity contribution >= 4 is 28.3 Å². The minimum absolute atomic E-state index is 0.108. The molecule has 0 saturated carbocycles. The van der Waals surface area contributed by atoms with E-state index in [4.69, 9.17) is 10.5 Å². The maximum Gasteiger partial charge on any atom is 0.407 e. The predicted octanol–water partition coefficient (Wildman–Crippen LogP) is 4.28. The zero-order valence-corrected chi connectivity index (χ0v) is 15.0. The lowest BCUT2D eigenvalue weighted by Gasteiger charge is -2.26. The third-order valence-corrected chi connectivity index (χ3v) is 4.28. The number of carbonyl (C=O) groups is 1. The van der Waals surface area contributed by atoms with Gasteiger partial charge >= 0.3 is 6.09 Å². The van der Waals surface area contributed by atoms with Crippen LogP contribution in [0.3, 0.4) is 0 Å². The van der Waals surface area contributed by atoms with Crippen LogP contribution in [0.15, 0.2) is 36.5 Å². The van der Waals surface area contributed by atoms with Gasteiger partial charge in [0.15, 0.2) is 0 Å². The number of pyridine rings is 1. The summed E-state index contributed by atoms with van der Waals surface area (Å²) >= 11 is 0. The van der Waals surface area contributed by atoms with Crippen LogP contribution < -0.4 is 11.1 Å². The van der Waals surface area contributed by atoms with Crippen molar-refractivity contribution in [2.45, 2.75) is 51.7 Å². The summed E-state index contributed by atoms with van der Waals surface area (Å²) in [5.41, 5.74) is 9.55. The molecule has 1 heterocycles. The highest BCUT2D eigenvalue weighted by Crippen LogP contribution is 2.33. The Morgan fingerprint density at radius 3 is 2.80 bits per heavy atom. The number of allylic oxidation sites excluding steroid dienone is 1. The third-order valence-electron chi connectivity index (χ3n) is 4.28. The summed E-state index contributed by atoms with van der Waals surface area (Å²) in [4.78, 5) is 16.3. The zero-order valence-electron chi connectivity index (χ0n) is 15.0. The molecule has 5 heteroatoms. The smallest absolute Gasteiger partial charge is 0.407 e. The quantitative estimate of drug-likeness (QED) is 0.801. The fourth-order valence-corrected chi connectivity index (χ4v) is 3.16. The van der Waals surface area contributed by atoms with Crippen LogP contribution in [-0.2, 0) is 4.74 Å². The molecule has 1 amide bonds. The van der Waals surface area contributed by atoms with E-state index in [0.29, 0.717) is 5.69 Å². The molecule has 0 bridgehead atoms. The zero-order chi connectivity index (χ0) is 18.0. The summed E-state index contributed by atoms with van der Waals surface area (Å²) in [7, 11) is 0. The van der Waals surface area contributed by atoms with Gasteiger partial charge < -0.3 is 15.8 Å². The van der Waals surface area contributed by atoms with Crippen LogP contribution in [0, 0.1) is 0 Å². The van der Waals surface area contributed by atoms with Crippen molar-refractivity contribution in [3.05, 3.63) is 42.1 Å². The number of carbonyl (C=O) groups excluding carboxylic acids is 1. The van der Waals surface area contributed by atoms with Gasteiger partial charge in [-0.25, -0.2) is 4.79 Å². The van der Waals surface area contributed by atoms with Crippen molar-refractivity contribution in [3.8, 4) is 0 Å². The first-order chi connectivity index (χ1) is 11.8. The molecular formula is C20H25N3O2. The number of nitrogen functional groups attached to an aromatic ring is 1. The van der Waals surface area contributed by atoms with Crippen LogP contribution in [0.1, 0.15) is 45.6 Å². The molecule has 1 aliphatic carbocycles. The second kappa shape index (κ2) is 6.75. The first-order valence-electron chi connectivity index (χ1n) is 8.65. The van der Waals surface area contributed by atoms with Crippen molar-refractivity contribution < 1.29 is 9.53 Å². The molecule has 2 aromatic rings. The molecule has 1 aromatic carbocycles. The van der Waals surface area contributed by atoms with E-state index in [1.165, 1.54) is 11.1 Å². The second-order valence-electron chi connectivity index (χ2n) is 7.45. The number of hydrogen-bond donors (Lipinski definition) is 2. The van der Waals surface area contributed by atoms with E-state index in [-0.39, 0.29) is 12.1 Å². The Hall–Kier alpha value is -2.56. The molecule has 0 aliphatic heterocycles. The van der Waals surface area contributed by atoms with Gasteiger partial charge in [0.05, 0.1) is 11.2 Å². The number of anilines is 1. The highest BCUT2D eigenvalue weighted by Gasteiger charge is 2.22. The van der Waals surface area contributed by atoms with Gasteiger partial charge in [0.25, 0.3) is 0 Å². The number of ether oxygens (including phenoxy) is 1. The molecule has 3 rings (SSSR count). The van der Waals surface area contributed by atoms with Gasteiger partial charge in [-0.15, -0.1) is 0 Å². The number of benzene rings is 1. The molecule has 1 aromatic heterocycles. The van der Waals surface area contributed by atoms with Crippen molar-refractivity contribution in [1.82, 2.24) is 10.3 Å². The number of aromatic nitrogens is 1. The summed E-state index contributed by atoms with van der Waals surface area (Å²) < 4.78 is 5.33. The molecular weight excluding hydrogens is 314 g/mol. The Bertz CT molecular complexity index is 821. The molecule has 1 atom stereocenters.